The van der Waals surface area contributed by atoms with Crippen LogP contribution in [-0.2, 0) is 16.1 Å². The van der Waals surface area contributed by atoms with Crippen LogP contribution in [0, 0.1) is 5.92 Å². The summed E-state index contributed by atoms with van der Waals surface area (Å²) in [7, 11) is 0. The smallest absolute Gasteiger partial charge is 0.274 e. The van der Waals surface area contributed by atoms with Crippen LogP contribution in [-0.4, -0.2) is 52.8 Å². The predicted octanol–water partition coefficient (Wildman–Crippen LogP) is 0.724. The molecule has 0 radical (unpaired) electrons. The number of amides is 2. The number of hydrogen-bond donors (Lipinski definition) is 1. The van der Waals surface area contributed by atoms with Crippen molar-refractivity contribution < 1.29 is 14.3 Å². The van der Waals surface area contributed by atoms with Crippen molar-refractivity contribution in [2.75, 3.05) is 31.6 Å². The predicted molar refractivity (Wildman–Crippen MR) is 76.0 cm³/mol. The zero-order chi connectivity index (χ0) is 14.8. The lowest BCUT2D eigenvalue weighted by atomic mass is 10.2. The third-order valence-electron chi connectivity index (χ3n) is 3.85. The van der Waals surface area contributed by atoms with E-state index in [1.807, 2.05) is 6.92 Å². The SMILES string of the molecule is CCn1ncc(NC(=O)C2CC2)c1C(=O)N1CCOCC1. The van der Waals surface area contributed by atoms with E-state index >= 15 is 0 Å². The summed E-state index contributed by atoms with van der Waals surface area (Å²) >= 11 is 0. The fourth-order valence-electron chi connectivity index (χ4n) is 2.44. The lowest BCUT2D eigenvalue weighted by Crippen LogP contribution is -2.41. The van der Waals surface area contributed by atoms with E-state index in [2.05, 4.69) is 10.4 Å². The van der Waals surface area contributed by atoms with Crippen LogP contribution in [0.1, 0.15) is 30.3 Å². The number of nitrogens with one attached hydrogen (secondary N) is 1. The Balaban J connectivity index is 1.82. The highest BCUT2D eigenvalue weighted by Crippen LogP contribution is 2.31. The van der Waals surface area contributed by atoms with Crippen LogP contribution in [0.25, 0.3) is 0 Å². The molecular weight excluding hydrogens is 272 g/mol. The average Bonchev–Trinajstić information content (AvgIpc) is 3.29. The van der Waals surface area contributed by atoms with E-state index in [4.69, 9.17) is 4.74 Å². The van der Waals surface area contributed by atoms with Gasteiger partial charge in [-0.2, -0.15) is 5.10 Å². The molecule has 1 aromatic heterocycles. The summed E-state index contributed by atoms with van der Waals surface area (Å²) in [5.74, 6) is -0.00765. The standard InChI is InChI=1S/C14H20N4O3/c1-2-18-12(14(20)17-5-7-21-8-6-17)11(9-15-18)16-13(19)10-3-4-10/h9-10H,2-8H2,1H3,(H,16,19). The number of ether oxygens (including phenoxy) is 1. The van der Waals surface area contributed by atoms with Crippen LogP contribution in [0.5, 0.6) is 0 Å². The molecule has 7 nitrogen and oxygen atoms in total. The number of aromatic nitrogens is 2. The van der Waals surface area contributed by atoms with E-state index in [0.717, 1.165) is 12.8 Å². The highest BCUT2D eigenvalue weighted by Gasteiger charge is 2.32. The Morgan fingerprint density at radius 3 is 2.71 bits per heavy atom. The van der Waals surface area contributed by atoms with E-state index in [9.17, 15) is 9.59 Å². The molecule has 1 aliphatic carbocycles. The Hall–Kier alpha value is -1.89. The number of rotatable bonds is 4. The topological polar surface area (TPSA) is 76.5 Å². The van der Waals surface area contributed by atoms with E-state index in [0.29, 0.717) is 44.2 Å². The fraction of sp³-hybridized carbons (Fsp3) is 0.643. The maximum atomic E-state index is 12.7. The minimum atomic E-state index is -0.0938. The first-order valence-electron chi connectivity index (χ1n) is 7.44. The van der Waals surface area contributed by atoms with Crippen molar-refractivity contribution in [2.24, 2.45) is 5.92 Å². The highest BCUT2D eigenvalue weighted by molar-refractivity contribution is 6.03. The van der Waals surface area contributed by atoms with Crippen molar-refractivity contribution in [2.45, 2.75) is 26.3 Å². The molecular formula is C14H20N4O3. The van der Waals surface area contributed by atoms with Crippen molar-refractivity contribution in [3.05, 3.63) is 11.9 Å². The second-order valence-corrected chi connectivity index (χ2v) is 5.39. The van der Waals surface area contributed by atoms with Gasteiger partial charge in [-0.05, 0) is 19.8 Å². The Kier molecular flexibility index (Phi) is 3.92. The molecule has 1 aliphatic heterocycles. The highest BCUT2D eigenvalue weighted by atomic mass is 16.5. The van der Waals surface area contributed by atoms with Gasteiger partial charge in [0.15, 0.2) is 0 Å². The fourth-order valence-corrected chi connectivity index (χ4v) is 2.44. The van der Waals surface area contributed by atoms with Gasteiger partial charge in [0, 0.05) is 25.6 Å². The van der Waals surface area contributed by atoms with Crippen LogP contribution in [0.3, 0.4) is 0 Å². The van der Waals surface area contributed by atoms with E-state index in [-0.39, 0.29) is 17.7 Å². The van der Waals surface area contributed by atoms with E-state index in [1.54, 1.807) is 15.8 Å². The Bertz CT molecular complexity index is 544. The number of carbonyl (C=O) groups is 2. The van der Waals surface area contributed by atoms with Crippen molar-refractivity contribution in [3.63, 3.8) is 0 Å². The monoisotopic (exact) mass is 292 g/mol. The summed E-state index contributed by atoms with van der Waals surface area (Å²) in [6.45, 7) is 4.76. The summed E-state index contributed by atoms with van der Waals surface area (Å²) in [5.41, 5.74) is 0.985. The molecule has 7 heteroatoms. The molecule has 0 aromatic carbocycles. The molecule has 2 amide bonds. The zero-order valence-electron chi connectivity index (χ0n) is 12.2. The van der Waals surface area contributed by atoms with Crippen molar-refractivity contribution in [1.29, 1.82) is 0 Å². The van der Waals surface area contributed by atoms with Crippen molar-refractivity contribution in [1.82, 2.24) is 14.7 Å². The summed E-state index contributed by atoms with van der Waals surface area (Å²) in [4.78, 5) is 26.4. The molecule has 2 fully saturated rings. The van der Waals surface area contributed by atoms with Crippen LogP contribution < -0.4 is 5.32 Å². The van der Waals surface area contributed by atoms with Crippen LogP contribution >= 0.6 is 0 Å². The van der Waals surface area contributed by atoms with E-state index in [1.165, 1.54) is 0 Å². The average molecular weight is 292 g/mol. The van der Waals surface area contributed by atoms with E-state index < -0.39 is 0 Å². The molecule has 2 heterocycles. The van der Waals surface area contributed by atoms with Gasteiger partial charge in [-0.1, -0.05) is 0 Å². The lowest BCUT2D eigenvalue weighted by Gasteiger charge is -2.27. The summed E-state index contributed by atoms with van der Waals surface area (Å²) in [5, 5.41) is 7.05. The second kappa shape index (κ2) is 5.85. The molecule has 114 valence electrons. The first-order chi connectivity index (χ1) is 10.2. The molecule has 1 aromatic rings. The van der Waals surface area contributed by atoms with Gasteiger partial charge in [-0.25, -0.2) is 0 Å². The summed E-state index contributed by atoms with van der Waals surface area (Å²) in [6, 6.07) is 0. The Morgan fingerprint density at radius 1 is 1.38 bits per heavy atom. The van der Waals surface area contributed by atoms with Gasteiger partial charge >= 0.3 is 0 Å². The van der Waals surface area contributed by atoms with Crippen LogP contribution in [0.2, 0.25) is 0 Å². The maximum Gasteiger partial charge on any atom is 0.274 e. The quantitative estimate of drug-likeness (QED) is 0.887. The van der Waals surface area contributed by atoms with Gasteiger partial charge < -0.3 is 15.0 Å². The first-order valence-corrected chi connectivity index (χ1v) is 7.44. The molecule has 0 bridgehead atoms. The normalized spacial score (nSPS) is 18.6. The zero-order valence-corrected chi connectivity index (χ0v) is 12.2. The van der Waals surface area contributed by atoms with Gasteiger partial charge in [-0.15, -0.1) is 0 Å². The van der Waals surface area contributed by atoms with Gasteiger partial charge in [0.25, 0.3) is 5.91 Å². The molecule has 2 aliphatic rings. The largest absolute Gasteiger partial charge is 0.378 e. The van der Waals surface area contributed by atoms with Crippen LogP contribution in [0.4, 0.5) is 5.69 Å². The number of anilines is 1. The molecule has 21 heavy (non-hydrogen) atoms. The van der Waals surface area contributed by atoms with Gasteiger partial charge in [0.2, 0.25) is 5.91 Å². The number of carbonyl (C=O) groups excluding carboxylic acids is 2. The second-order valence-electron chi connectivity index (χ2n) is 5.39. The number of nitrogens with zero attached hydrogens (tertiary/aromatic N) is 3. The number of morpholine rings is 1. The Morgan fingerprint density at radius 2 is 2.10 bits per heavy atom. The summed E-state index contributed by atoms with van der Waals surface area (Å²) < 4.78 is 6.91. The molecule has 0 atom stereocenters. The molecule has 0 unspecified atom stereocenters. The minimum absolute atomic E-state index is 0.0123. The third-order valence-corrected chi connectivity index (χ3v) is 3.85. The van der Waals surface area contributed by atoms with Crippen LogP contribution in [0.15, 0.2) is 6.20 Å². The molecule has 0 spiro atoms. The summed E-state index contributed by atoms with van der Waals surface area (Å²) in [6.07, 6.45) is 3.43. The van der Waals surface area contributed by atoms with Gasteiger partial charge in [0.1, 0.15) is 5.69 Å². The van der Waals surface area contributed by atoms with Crippen molar-refractivity contribution in [3.8, 4) is 0 Å². The van der Waals surface area contributed by atoms with Crippen molar-refractivity contribution >= 4 is 17.5 Å². The van der Waals surface area contributed by atoms with Gasteiger partial charge in [0.05, 0.1) is 25.1 Å². The molecule has 3 rings (SSSR count). The first kappa shape index (κ1) is 14.1. The lowest BCUT2D eigenvalue weighted by molar-refractivity contribution is -0.117. The molecule has 1 saturated carbocycles. The Labute approximate surface area is 123 Å². The molecule has 1 N–H and O–H groups in total. The van der Waals surface area contributed by atoms with Gasteiger partial charge in [-0.3, -0.25) is 14.3 Å². The minimum Gasteiger partial charge on any atom is -0.378 e. The molecule has 1 saturated heterocycles. The number of aryl methyl sites for hydroxylation is 1. The maximum absolute atomic E-state index is 12.7. The number of hydrogen-bond acceptors (Lipinski definition) is 4. The third kappa shape index (κ3) is 2.92.